The summed E-state index contributed by atoms with van der Waals surface area (Å²) in [6.07, 6.45) is 0. The Balaban J connectivity index is 1.33. The molecule has 7 heteroatoms. The van der Waals surface area contributed by atoms with Crippen LogP contribution in [0.2, 0.25) is 0 Å². The van der Waals surface area contributed by atoms with Crippen LogP contribution in [0.4, 0.5) is 16.2 Å². The van der Waals surface area contributed by atoms with Crippen LogP contribution in [-0.4, -0.2) is 55.0 Å². The number of methoxy groups -OCH3 is 1. The summed E-state index contributed by atoms with van der Waals surface area (Å²) in [6, 6.07) is 21.5. The topological polar surface area (TPSA) is 66.4 Å². The van der Waals surface area contributed by atoms with E-state index in [0.717, 1.165) is 22.8 Å². The van der Waals surface area contributed by atoms with Crippen LogP contribution in [0.3, 0.4) is 0 Å². The molecule has 0 bridgehead atoms. The highest BCUT2D eigenvalue weighted by molar-refractivity contribution is 6.04. The molecule has 180 valence electrons. The maximum atomic E-state index is 12.9. The number of amides is 2. The van der Waals surface area contributed by atoms with Crippen molar-refractivity contribution in [2.24, 2.45) is 4.99 Å². The van der Waals surface area contributed by atoms with E-state index in [-0.39, 0.29) is 6.03 Å². The lowest BCUT2D eigenvalue weighted by molar-refractivity contribution is 0.181. The molecule has 2 amide bonds. The molecule has 0 aromatic heterocycles. The second kappa shape index (κ2) is 9.70. The lowest BCUT2D eigenvalue weighted by atomic mass is 10.0. The minimum absolute atomic E-state index is 0.0829. The summed E-state index contributed by atoms with van der Waals surface area (Å²) in [7, 11) is 1.64. The summed E-state index contributed by atoms with van der Waals surface area (Å²) in [5, 5.41) is 3.03. The highest BCUT2D eigenvalue weighted by Gasteiger charge is 2.29. The number of nitrogens with one attached hydrogen (secondary N) is 1. The Morgan fingerprint density at radius 2 is 1.71 bits per heavy atom. The first-order valence-electron chi connectivity index (χ1n) is 12.0. The third kappa shape index (κ3) is 4.67. The van der Waals surface area contributed by atoms with E-state index in [4.69, 9.17) is 14.5 Å². The van der Waals surface area contributed by atoms with Crippen LogP contribution in [0.15, 0.2) is 71.7 Å². The number of ether oxygens (including phenoxy) is 2. The molecule has 0 unspecified atom stereocenters. The Morgan fingerprint density at radius 1 is 0.971 bits per heavy atom. The van der Waals surface area contributed by atoms with E-state index < -0.39 is 0 Å². The first-order chi connectivity index (χ1) is 17.0. The maximum absolute atomic E-state index is 12.9. The molecule has 1 N–H and O–H groups in total. The molecule has 2 heterocycles. The number of carbonyl (C=O) groups excluding carboxylic acids is 1. The van der Waals surface area contributed by atoms with Crippen LogP contribution in [0.1, 0.15) is 30.9 Å². The van der Waals surface area contributed by atoms with Crippen molar-refractivity contribution in [3.05, 3.63) is 77.9 Å². The number of hydrogen-bond donors (Lipinski definition) is 1. The third-order valence-corrected chi connectivity index (χ3v) is 6.44. The fourth-order valence-electron chi connectivity index (χ4n) is 4.39. The number of aliphatic imine (C=N–C) groups is 1. The molecule has 2 aliphatic heterocycles. The summed E-state index contributed by atoms with van der Waals surface area (Å²) in [6.45, 7) is 6.83. The van der Waals surface area contributed by atoms with E-state index in [1.807, 2.05) is 59.5 Å². The van der Waals surface area contributed by atoms with E-state index in [0.29, 0.717) is 49.3 Å². The van der Waals surface area contributed by atoms with E-state index in [1.54, 1.807) is 7.11 Å². The number of piperazine rings is 1. The molecule has 5 rings (SSSR count). The molecule has 3 aromatic carbocycles. The SMILES string of the molecule is COc1cccc2c1Oc1ccccc1N=C2N1CCN(C(=O)Nc2ccc(C(C)C)cc2)CC1. The number of benzene rings is 3. The van der Waals surface area contributed by atoms with Crippen molar-refractivity contribution in [3.8, 4) is 17.2 Å². The number of carbonyl (C=O) groups is 1. The van der Waals surface area contributed by atoms with E-state index in [1.165, 1.54) is 5.56 Å². The number of urea groups is 1. The minimum Gasteiger partial charge on any atom is -0.493 e. The molecule has 0 spiro atoms. The average Bonchev–Trinajstić information content (AvgIpc) is 3.06. The molecule has 2 aliphatic rings. The molecule has 1 saturated heterocycles. The van der Waals surface area contributed by atoms with Gasteiger partial charge in [-0.1, -0.05) is 44.2 Å². The van der Waals surface area contributed by atoms with Gasteiger partial charge in [-0.25, -0.2) is 9.79 Å². The van der Waals surface area contributed by atoms with Gasteiger partial charge in [0.15, 0.2) is 17.2 Å². The van der Waals surface area contributed by atoms with Gasteiger partial charge in [0.2, 0.25) is 0 Å². The fourth-order valence-corrected chi connectivity index (χ4v) is 4.39. The number of anilines is 1. The Kier molecular flexibility index (Phi) is 6.31. The number of amidine groups is 1. The summed E-state index contributed by atoms with van der Waals surface area (Å²) in [5.74, 6) is 3.29. The monoisotopic (exact) mass is 470 g/mol. The molecule has 0 aliphatic carbocycles. The summed E-state index contributed by atoms with van der Waals surface area (Å²) >= 11 is 0. The van der Waals surface area contributed by atoms with Crippen molar-refractivity contribution in [2.75, 3.05) is 38.6 Å². The third-order valence-electron chi connectivity index (χ3n) is 6.44. The van der Waals surface area contributed by atoms with Gasteiger partial charge < -0.3 is 24.6 Å². The van der Waals surface area contributed by atoms with Gasteiger partial charge in [-0.2, -0.15) is 0 Å². The minimum atomic E-state index is -0.0829. The number of rotatable bonds is 3. The van der Waals surface area contributed by atoms with Crippen molar-refractivity contribution in [1.29, 1.82) is 0 Å². The highest BCUT2D eigenvalue weighted by Crippen LogP contribution is 2.42. The quantitative estimate of drug-likeness (QED) is 0.521. The van der Waals surface area contributed by atoms with Crippen LogP contribution in [0, 0.1) is 0 Å². The first kappa shape index (κ1) is 22.8. The van der Waals surface area contributed by atoms with E-state index >= 15 is 0 Å². The Hall–Kier alpha value is -4.00. The van der Waals surface area contributed by atoms with Gasteiger partial charge in [0, 0.05) is 31.9 Å². The summed E-state index contributed by atoms with van der Waals surface area (Å²) in [4.78, 5) is 21.9. The van der Waals surface area contributed by atoms with Gasteiger partial charge >= 0.3 is 6.03 Å². The van der Waals surface area contributed by atoms with Crippen molar-refractivity contribution >= 4 is 23.2 Å². The summed E-state index contributed by atoms with van der Waals surface area (Å²) < 4.78 is 11.8. The maximum Gasteiger partial charge on any atom is 0.321 e. The van der Waals surface area contributed by atoms with Gasteiger partial charge in [-0.3, -0.25) is 0 Å². The second-order valence-electron chi connectivity index (χ2n) is 9.02. The van der Waals surface area contributed by atoms with Gasteiger partial charge in [-0.05, 0) is 47.9 Å². The molecule has 7 nitrogen and oxygen atoms in total. The zero-order valence-electron chi connectivity index (χ0n) is 20.3. The first-order valence-corrected chi connectivity index (χ1v) is 12.0. The fraction of sp³-hybridized carbons (Fsp3) is 0.286. The number of para-hydroxylation sites is 3. The number of nitrogens with zero attached hydrogens (tertiary/aromatic N) is 3. The van der Waals surface area contributed by atoms with Gasteiger partial charge in [0.05, 0.1) is 12.7 Å². The van der Waals surface area contributed by atoms with Crippen LogP contribution < -0.4 is 14.8 Å². The molecule has 0 saturated carbocycles. The molecular weight excluding hydrogens is 440 g/mol. The van der Waals surface area contributed by atoms with Crippen LogP contribution in [-0.2, 0) is 0 Å². The van der Waals surface area contributed by atoms with E-state index in [2.05, 4.69) is 36.2 Å². The molecule has 1 fully saturated rings. The lowest BCUT2D eigenvalue weighted by Gasteiger charge is -2.36. The van der Waals surface area contributed by atoms with E-state index in [9.17, 15) is 4.79 Å². The molecule has 0 atom stereocenters. The Bertz CT molecular complexity index is 1250. The predicted molar refractivity (Wildman–Crippen MR) is 138 cm³/mol. The Morgan fingerprint density at radius 3 is 2.43 bits per heavy atom. The standard InChI is InChI=1S/C28H30N4O3/c1-19(2)20-11-13-21(14-12-20)29-28(33)32-17-15-31(16-18-32)27-22-7-6-10-25(34-3)26(22)35-24-9-5-4-8-23(24)30-27/h4-14,19H,15-18H2,1-3H3,(H,29,33). The predicted octanol–water partition coefficient (Wildman–Crippen LogP) is 5.85. The largest absolute Gasteiger partial charge is 0.493 e. The van der Waals surface area contributed by atoms with Crippen LogP contribution in [0.5, 0.6) is 17.2 Å². The summed E-state index contributed by atoms with van der Waals surface area (Å²) in [5.41, 5.74) is 3.71. The Labute approximate surface area is 206 Å². The average molecular weight is 471 g/mol. The number of fused-ring (bicyclic) bond motifs is 2. The lowest BCUT2D eigenvalue weighted by Crippen LogP contribution is -2.51. The molecular formula is C28H30N4O3. The van der Waals surface area contributed by atoms with Crippen LogP contribution >= 0.6 is 0 Å². The van der Waals surface area contributed by atoms with Crippen molar-refractivity contribution < 1.29 is 14.3 Å². The normalized spacial score (nSPS) is 14.9. The van der Waals surface area contributed by atoms with Gasteiger partial charge in [0.25, 0.3) is 0 Å². The molecule has 35 heavy (non-hydrogen) atoms. The zero-order valence-corrected chi connectivity index (χ0v) is 20.3. The second-order valence-corrected chi connectivity index (χ2v) is 9.02. The van der Waals surface area contributed by atoms with Crippen molar-refractivity contribution in [2.45, 2.75) is 19.8 Å². The highest BCUT2D eigenvalue weighted by atomic mass is 16.5. The van der Waals surface area contributed by atoms with Gasteiger partial charge in [0.1, 0.15) is 11.5 Å². The van der Waals surface area contributed by atoms with Crippen molar-refractivity contribution in [1.82, 2.24) is 9.80 Å². The number of hydrogen-bond acceptors (Lipinski definition) is 5. The molecule has 0 radical (unpaired) electrons. The zero-order chi connectivity index (χ0) is 24.4. The van der Waals surface area contributed by atoms with Crippen molar-refractivity contribution in [3.63, 3.8) is 0 Å². The smallest absolute Gasteiger partial charge is 0.321 e. The van der Waals surface area contributed by atoms with Gasteiger partial charge in [-0.15, -0.1) is 0 Å². The molecule has 3 aromatic rings. The van der Waals surface area contributed by atoms with Crippen LogP contribution in [0.25, 0.3) is 0 Å².